The molecule has 5 nitrogen and oxygen atoms in total. The Hall–Kier alpha value is -1.02. The molecule has 0 aromatic heterocycles. The van der Waals surface area contributed by atoms with Crippen LogP contribution < -0.4 is 10.9 Å². The Morgan fingerprint density at radius 2 is 2.09 bits per heavy atom. The summed E-state index contributed by atoms with van der Waals surface area (Å²) in [6.07, 6.45) is 0. The Balaban J connectivity index is 1.51. The summed E-state index contributed by atoms with van der Waals surface area (Å²) in [6.45, 7) is 4.53. The second kappa shape index (κ2) is 7.04. The fourth-order valence-corrected chi connectivity index (χ4v) is 3.43. The predicted molar refractivity (Wildman–Crippen MR) is 85.9 cm³/mol. The maximum Gasteiger partial charge on any atom is 0.242 e. The van der Waals surface area contributed by atoms with Crippen LogP contribution in [0.3, 0.4) is 0 Å². The number of carbonyl (C=O) groups is 1. The van der Waals surface area contributed by atoms with Crippen molar-refractivity contribution in [3.63, 3.8) is 0 Å². The number of carbonyl (C=O) groups excluding carboxylic acids is 1. The van der Waals surface area contributed by atoms with Crippen LogP contribution >= 0.6 is 15.9 Å². The Morgan fingerprint density at radius 1 is 1.32 bits per heavy atom. The molecule has 2 aliphatic heterocycles. The van der Waals surface area contributed by atoms with Gasteiger partial charge in [-0.3, -0.25) is 15.1 Å². The van der Waals surface area contributed by atoms with Crippen LogP contribution in [-0.2, 0) is 11.3 Å². The molecule has 120 valence electrons. The van der Waals surface area contributed by atoms with Crippen molar-refractivity contribution in [3.8, 4) is 0 Å². The van der Waals surface area contributed by atoms with Crippen molar-refractivity contribution >= 4 is 21.8 Å². The van der Waals surface area contributed by atoms with Crippen molar-refractivity contribution in [2.75, 3.05) is 32.7 Å². The molecule has 2 unspecified atom stereocenters. The molecular weight excluding hydrogens is 351 g/mol. The van der Waals surface area contributed by atoms with Crippen LogP contribution in [0.5, 0.6) is 0 Å². The molecule has 0 radical (unpaired) electrons. The van der Waals surface area contributed by atoms with E-state index in [0.29, 0.717) is 13.1 Å². The molecule has 0 saturated carbocycles. The lowest BCUT2D eigenvalue weighted by Crippen LogP contribution is -2.54. The molecule has 1 aromatic rings. The summed E-state index contributed by atoms with van der Waals surface area (Å²) in [7, 11) is 0. The fraction of sp³-hybridized carbons (Fsp3) is 0.533. The largest absolute Gasteiger partial charge is 0.339 e. The van der Waals surface area contributed by atoms with Gasteiger partial charge in [-0.05, 0) is 17.7 Å². The van der Waals surface area contributed by atoms with Gasteiger partial charge in [0, 0.05) is 39.3 Å². The minimum atomic E-state index is -0.200. The van der Waals surface area contributed by atoms with Gasteiger partial charge in [-0.2, -0.15) is 0 Å². The summed E-state index contributed by atoms with van der Waals surface area (Å²) in [5.74, 6) is -0.0632. The summed E-state index contributed by atoms with van der Waals surface area (Å²) >= 11 is 3.52. The smallest absolute Gasteiger partial charge is 0.242 e. The third-order valence-corrected chi connectivity index (χ3v) is 5.01. The van der Waals surface area contributed by atoms with Gasteiger partial charge in [0.05, 0.1) is 4.83 Å². The topological polar surface area (TPSA) is 47.6 Å². The second-order valence-electron chi connectivity index (χ2n) is 5.75. The van der Waals surface area contributed by atoms with Gasteiger partial charge in [-0.1, -0.05) is 28.1 Å². The first-order valence-corrected chi connectivity index (χ1v) is 8.43. The first kappa shape index (κ1) is 15.9. The number of amides is 1. The Bertz CT molecular complexity index is 536. The first-order chi connectivity index (χ1) is 10.6. The van der Waals surface area contributed by atoms with E-state index in [1.54, 1.807) is 12.1 Å². The maximum absolute atomic E-state index is 13.2. The van der Waals surface area contributed by atoms with Crippen molar-refractivity contribution in [3.05, 3.63) is 35.6 Å². The number of nitrogens with one attached hydrogen (secondary N) is 2. The number of rotatable bonds is 3. The van der Waals surface area contributed by atoms with E-state index >= 15 is 0 Å². The molecule has 2 atom stereocenters. The van der Waals surface area contributed by atoms with E-state index in [1.165, 1.54) is 6.07 Å². The average Bonchev–Trinajstić information content (AvgIpc) is 2.93. The van der Waals surface area contributed by atoms with Crippen molar-refractivity contribution in [2.24, 2.45) is 0 Å². The van der Waals surface area contributed by atoms with Crippen LogP contribution in [0.15, 0.2) is 24.3 Å². The van der Waals surface area contributed by atoms with Crippen LogP contribution in [0.25, 0.3) is 0 Å². The lowest BCUT2D eigenvalue weighted by atomic mass is 10.1. The second-order valence-corrected chi connectivity index (χ2v) is 6.93. The number of benzene rings is 1. The van der Waals surface area contributed by atoms with Gasteiger partial charge in [0.1, 0.15) is 11.9 Å². The van der Waals surface area contributed by atoms with Gasteiger partial charge in [0.2, 0.25) is 5.91 Å². The van der Waals surface area contributed by atoms with Gasteiger partial charge < -0.3 is 4.90 Å². The Kier molecular flexibility index (Phi) is 5.07. The summed E-state index contributed by atoms with van der Waals surface area (Å²) in [5, 5.41) is 0. The molecule has 2 aliphatic rings. The lowest BCUT2D eigenvalue weighted by molar-refractivity contribution is -0.134. The number of hydrogen-bond acceptors (Lipinski definition) is 4. The third kappa shape index (κ3) is 3.65. The number of alkyl halides is 1. The van der Waals surface area contributed by atoms with Gasteiger partial charge >= 0.3 is 0 Å². The highest BCUT2D eigenvalue weighted by molar-refractivity contribution is 9.09. The first-order valence-electron chi connectivity index (χ1n) is 7.51. The zero-order valence-electron chi connectivity index (χ0n) is 12.3. The van der Waals surface area contributed by atoms with E-state index in [9.17, 15) is 9.18 Å². The van der Waals surface area contributed by atoms with Gasteiger partial charge in [0.15, 0.2) is 0 Å². The molecule has 7 heteroatoms. The summed E-state index contributed by atoms with van der Waals surface area (Å²) in [5.41, 5.74) is 6.99. The molecule has 2 saturated heterocycles. The van der Waals surface area contributed by atoms with Crippen molar-refractivity contribution in [2.45, 2.75) is 17.4 Å². The SMILES string of the molecule is O=C(C1NNCC1Br)N1CCN(Cc2cccc(F)c2)CC1. The number of piperazine rings is 1. The molecule has 3 rings (SSSR count). The van der Waals surface area contributed by atoms with Gasteiger partial charge in [0.25, 0.3) is 0 Å². The Morgan fingerprint density at radius 3 is 2.73 bits per heavy atom. The van der Waals surface area contributed by atoms with Crippen LogP contribution in [-0.4, -0.2) is 59.3 Å². The molecular formula is C15H20BrFN4O. The monoisotopic (exact) mass is 370 g/mol. The molecule has 1 amide bonds. The van der Waals surface area contributed by atoms with E-state index in [4.69, 9.17) is 0 Å². The van der Waals surface area contributed by atoms with Crippen molar-refractivity contribution < 1.29 is 9.18 Å². The number of halogens is 2. The average molecular weight is 371 g/mol. The molecule has 22 heavy (non-hydrogen) atoms. The molecule has 2 N–H and O–H groups in total. The van der Waals surface area contributed by atoms with E-state index in [2.05, 4.69) is 31.7 Å². The summed E-state index contributed by atoms with van der Waals surface area (Å²) < 4.78 is 13.2. The molecule has 2 heterocycles. The maximum atomic E-state index is 13.2. The molecule has 0 spiro atoms. The highest BCUT2D eigenvalue weighted by atomic mass is 79.9. The quantitative estimate of drug-likeness (QED) is 0.769. The van der Waals surface area contributed by atoms with E-state index < -0.39 is 0 Å². The number of nitrogens with zero attached hydrogens (tertiary/aromatic N) is 2. The standard InChI is InChI=1S/C15H20BrFN4O/c16-13-9-18-19-14(13)15(22)21-6-4-20(5-7-21)10-11-2-1-3-12(17)8-11/h1-3,8,13-14,18-19H,4-7,9-10H2. The molecule has 2 fully saturated rings. The zero-order chi connectivity index (χ0) is 15.5. The van der Waals surface area contributed by atoms with Crippen LogP contribution in [0.4, 0.5) is 4.39 Å². The lowest BCUT2D eigenvalue weighted by Gasteiger charge is -2.36. The Labute approximate surface area is 137 Å². The molecule has 0 bridgehead atoms. The van der Waals surface area contributed by atoms with Crippen molar-refractivity contribution in [1.82, 2.24) is 20.7 Å². The normalized spacial score (nSPS) is 26.4. The van der Waals surface area contributed by atoms with Crippen molar-refractivity contribution in [1.29, 1.82) is 0 Å². The molecule has 1 aromatic carbocycles. The van der Waals surface area contributed by atoms with Gasteiger partial charge in [-0.15, -0.1) is 0 Å². The van der Waals surface area contributed by atoms with Crippen LogP contribution in [0, 0.1) is 5.82 Å². The fourth-order valence-electron chi connectivity index (χ4n) is 2.91. The summed E-state index contributed by atoms with van der Waals surface area (Å²) in [4.78, 5) is 16.7. The van der Waals surface area contributed by atoms with E-state index in [1.807, 2.05) is 11.0 Å². The highest BCUT2D eigenvalue weighted by Crippen LogP contribution is 2.15. The zero-order valence-corrected chi connectivity index (χ0v) is 13.9. The van der Waals surface area contributed by atoms with Crippen LogP contribution in [0.1, 0.15) is 5.56 Å². The van der Waals surface area contributed by atoms with Gasteiger partial charge in [-0.25, -0.2) is 9.82 Å². The summed E-state index contributed by atoms with van der Waals surface area (Å²) in [6, 6.07) is 6.50. The molecule has 0 aliphatic carbocycles. The minimum Gasteiger partial charge on any atom is -0.339 e. The van der Waals surface area contributed by atoms with E-state index in [0.717, 1.165) is 31.7 Å². The highest BCUT2D eigenvalue weighted by Gasteiger charge is 2.34. The minimum absolute atomic E-state index is 0.130. The number of hydrogen-bond donors (Lipinski definition) is 2. The predicted octanol–water partition coefficient (Wildman–Crippen LogP) is 0.710. The number of hydrazine groups is 1. The van der Waals surface area contributed by atoms with E-state index in [-0.39, 0.29) is 22.6 Å². The third-order valence-electron chi connectivity index (χ3n) is 4.16. The van der Waals surface area contributed by atoms with Crippen LogP contribution in [0.2, 0.25) is 0 Å².